The van der Waals surface area contributed by atoms with E-state index >= 15 is 0 Å². The number of benzene rings is 1. The second-order valence-electron chi connectivity index (χ2n) is 7.53. The minimum atomic E-state index is -3.67. The van der Waals surface area contributed by atoms with Crippen molar-refractivity contribution in [1.29, 1.82) is 0 Å². The Labute approximate surface area is 157 Å². The van der Waals surface area contributed by atoms with E-state index in [9.17, 15) is 13.2 Å². The van der Waals surface area contributed by atoms with Crippen LogP contribution in [-0.2, 0) is 25.1 Å². The molecule has 0 amide bonds. The van der Waals surface area contributed by atoms with Gasteiger partial charge in [-0.3, -0.25) is 4.79 Å². The molecule has 0 radical (unpaired) electrons. The normalized spacial score (nSPS) is 14.5. The summed E-state index contributed by atoms with van der Waals surface area (Å²) >= 11 is 0. The Morgan fingerprint density at radius 3 is 2.15 bits per heavy atom. The highest BCUT2D eigenvalue weighted by Crippen LogP contribution is 2.30. The highest BCUT2D eigenvalue weighted by atomic mass is 32.2. The molecule has 0 aliphatic rings. The topological polar surface area (TPSA) is 81.7 Å². The number of carbonyl (C=O) groups excluding carboxylic acids is 1. The Bertz CT molecular complexity index is 692. The smallest absolute Gasteiger partial charge is 0.307 e. The molecule has 7 heteroatoms. The van der Waals surface area contributed by atoms with Crippen molar-refractivity contribution in [1.82, 2.24) is 4.72 Å². The second-order valence-corrected chi connectivity index (χ2v) is 9.97. The fourth-order valence-corrected chi connectivity index (χ4v) is 3.35. The molecule has 0 aliphatic heterocycles. The molecule has 1 unspecified atom stereocenters. The second kappa shape index (κ2) is 8.86. The number of ether oxygens (including phenoxy) is 2. The van der Waals surface area contributed by atoms with E-state index in [0.29, 0.717) is 17.9 Å². The highest BCUT2D eigenvalue weighted by molar-refractivity contribution is 7.90. The van der Waals surface area contributed by atoms with Gasteiger partial charge in [0.25, 0.3) is 0 Å². The summed E-state index contributed by atoms with van der Waals surface area (Å²) in [6.45, 7) is 9.23. The summed E-state index contributed by atoms with van der Waals surface area (Å²) in [5, 5.41) is 0. The van der Waals surface area contributed by atoms with Gasteiger partial charge in [-0.05, 0) is 51.8 Å². The molecule has 0 spiro atoms. The largest absolute Gasteiger partial charge is 0.494 e. The summed E-state index contributed by atoms with van der Waals surface area (Å²) in [6, 6.07) is 7.11. The number of hydrogen-bond donors (Lipinski definition) is 1. The molecule has 6 nitrogen and oxygen atoms in total. The van der Waals surface area contributed by atoms with Crippen LogP contribution in [0.3, 0.4) is 0 Å². The highest BCUT2D eigenvalue weighted by Gasteiger charge is 2.39. The maximum atomic E-state index is 12.7. The Morgan fingerprint density at radius 2 is 1.69 bits per heavy atom. The van der Waals surface area contributed by atoms with Crippen molar-refractivity contribution in [2.24, 2.45) is 0 Å². The lowest BCUT2D eigenvalue weighted by Crippen LogP contribution is -2.50. The lowest BCUT2D eigenvalue weighted by Gasteiger charge is -2.33. The molecular formula is C19H31NO5S. The van der Waals surface area contributed by atoms with Crippen molar-refractivity contribution < 1.29 is 22.7 Å². The molecule has 1 N–H and O–H groups in total. The summed E-state index contributed by atoms with van der Waals surface area (Å²) in [5.41, 5.74) is -0.459. The van der Waals surface area contributed by atoms with Gasteiger partial charge < -0.3 is 9.47 Å². The zero-order chi connectivity index (χ0) is 20.0. The third-order valence-corrected chi connectivity index (χ3v) is 6.48. The van der Waals surface area contributed by atoms with E-state index in [1.807, 2.05) is 0 Å². The molecule has 1 aromatic rings. The minimum Gasteiger partial charge on any atom is -0.494 e. The van der Waals surface area contributed by atoms with Gasteiger partial charge in [0.15, 0.2) is 0 Å². The summed E-state index contributed by atoms with van der Waals surface area (Å²) in [6.07, 6.45) is 1.89. The molecule has 1 rings (SSSR count). The van der Waals surface area contributed by atoms with Crippen LogP contribution in [0.5, 0.6) is 5.75 Å². The summed E-state index contributed by atoms with van der Waals surface area (Å²) in [7, 11) is -2.39. The summed E-state index contributed by atoms with van der Waals surface area (Å²) in [4.78, 5) is 11.9. The first-order chi connectivity index (χ1) is 11.9. The van der Waals surface area contributed by atoms with Gasteiger partial charge in [-0.2, -0.15) is 0 Å². The van der Waals surface area contributed by atoms with E-state index in [1.54, 1.807) is 52.0 Å². The maximum Gasteiger partial charge on any atom is 0.307 e. The average Bonchev–Trinajstić information content (AvgIpc) is 2.54. The van der Waals surface area contributed by atoms with Gasteiger partial charge in [0.2, 0.25) is 10.0 Å². The number of carbonyl (C=O) groups is 1. The lowest BCUT2D eigenvalue weighted by molar-refractivity contribution is -0.142. The number of nitrogens with one attached hydrogen (secondary N) is 1. The monoisotopic (exact) mass is 385 g/mol. The Morgan fingerprint density at radius 1 is 1.12 bits per heavy atom. The molecule has 148 valence electrons. The third kappa shape index (κ3) is 5.99. The SMILES string of the molecule is CCCCOc1ccc(C(C)(CC(=O)OC)NS(=O)(=O)C(C)(C)C)cc1. The molecule has 0 saturated carbocycles. The van der Waals surface area contributed by atoms with Crippen LogP contribution >= 0.6 is 0 Å². The zero-order valence-corrected chi connectivity index (χ0v) is 17.4. The Kier molecular flexibility index (Phi) is 7.65. The quantitative estimate of drug-likeness (QED) is 0.521. The average molecular weight is 386 g/mol. The van der Waals surface area contributed by atoms with Crippen LogP contribution in [0.1, 0.15) is 59.4 Å². The number of esters is 1. The van der Waals surface area contributed by atoms with E-state index in [4.69, 9.17) is 9.47 Å². The molecule has 1 atom stereocenters. The summed E-state index contributed by atoms with van der Waals surface area (Å²) < 4.78 is 37.4. The molecule has 0 aliphatic carbocycles. The molecule has 0 heterocycles. The van der Waals surface area contributed by atoms with Gasteiger partial charge in [-0.1, -0.05) is 25.5 Å². The number of methoxy groups -OCH3 is 1. The fraction of sp³-hybridized carbons (Fsp3) is 0.632. The van der Waals surface area contributed by atoms with Gasteiger partial charge in [0, 0.05) is 0 Å². The van der Waals surface area contributed by atoms with Crippen LogP contribution in [-0.4, -0.2) is 32.9 Å². The van der Waals surface area contributed by atoms with Gasteiger partial charge in [0.05, 0.1) is 30.4 Å². The lowest BCUT2D eigenvalue weighted by atomic mass is 9.90. The van der Waals surface area contributed by atoms with Gasteiger partial charge in [0.1, 0.15) is 5.75 Å². The maximum absolute atomic E-state index is 12.7. The molecule has 26 heavy (non-hydrogen) atoms. The van der Waals surface area contributed by atoms with Crippen molar-refractivity contribution in [2.75, 3.05) is 13.7 Å². The fourth-order valence-electron chi connectivity index (χ4n) is 2.26. The first-order valence-corrected chi connectivity index (χ1v) is 10.3. The number of unbranched alkanes of at least 4 members (excludes halogenated alkanes) is 1. The predicted molar refractivity (Wildman–Crippen MR) is 103 cm³/mol. The Balaban J connectivity index is 3.15. The Hall–Kier alpha value is -1.60. The van der Waals surface area contributed by atoms with Crippen LogP contribution in [0, 0.1) is 0 Å². The standard InChI is InChI=1S/C19H31NO5S/c1-7-8-13-25-16-11-9-15(10-12-16)19(5,14-17(21)24-6)20-26(22,23)18(2,3)4/h9-12,20H,7-8,13-14H2,1-6H3. The van der Waals surface area contributed by atoms with E-state index in [2.05, 4.69) is 11.6 Å². The third-order valence-electron chi connectivity index (χ3n) is 4.15. The van der Waals surface area contributed by atoms with Crippen molar-refractivity contribution in [3.63, 3.8) is 0 Å². The van der Waals surface area contributed by atoms with Crippen molar-refractivity contribution in [3.05, 3.63) is 29.8 Å². The number of hydrogen-bond acceptors (Lipinski definition) is 5. The van der Waals surface area contributed by atoms with Crippen molar-refractivity contribution >= 4 is 16.0 Å². The molecule has 0 bridgehead atoms. The first kappa shape index (κ1) is 22.4. The van der Waals surface area contributed by atoms with Gasteiger partial charge in [-0.15, -0.1) is 0 Å². The number of rotatable bonds is 9. The van der Waals surface area contributed by atoms with Gasteiger partial charge in [-0.25, -0.2) is 13.1 Å². The van der Waals surface area contributed by atoms with Crippen LogP contribution in [0.4, 0.5) is 0 Å². The molecule has 0 saturated heterocycles. The van der Waals surface area contributed by atoms with Crippen molar-refractivity contribution in [3.8, 4) is 5.75 Å². The van der Waals surface area contributed by atoms with E-state index in [0.717, 1.165) is 12.8 Å². The van der Waals surface area contributed by atoms with Crippen LogP contribution in [0.2, 0.25) is 0 Å². The first-order valence-electron chi connectivity index (χ1n) is 8.79. The molecule has 1 aromatic carbocycles. The predicted octanol–water partition coefficient (Wildman–Crippen LogP) is 3.36. The number of sulfonamides is 1. The summed E-state index contributed by atoms with van der Waals surface area (Å²) in [5.74, 6) is 0.216. The molecule has 0 aromatic heterocycles. The van der Waals surface area contributed by atoms with E-state index in [1.165, 1.54) is 7.11 Å². The molecule has 0 fully saturated rings. The van der Waals surface area contributed by atoms with Crippen LogP contribution in [0.15, 0.2) is 24.3 Å². The van der Waals surface area contributed by atoms with Crippen LogP contribution in [0.25, 0.3) is 0 Å². The minimum absolute atomic E-state index is 0.116. The van der Waals surface area contributed by atoms with E-state index in [-0.39, 0.29) is 6.42 Å². The molecular weight excluding hydrogens is 354 g/mol. The van der Waals surface area contributed by atoms with Gasteiger partial charge >= 0.3 is 5.97 Å². The van der Waals surface area contributed by atoms with Crippen molar-refractivity contribution in [2.45, 2.75) is 64.2 Å². The zero-order valence-electron chi connectivity index (χ0n) is 16.6. The van der Waals surface area contributed by atoms with E-state index < -0.39 is 26.3 Å². The van der Waals surface area contributed by atoms with Crippen LogP contribution < -0.4 is 9.46 Å².